The Morgan fingerprint density at radius 2 is 1.97 bits per heavy atom. The Bertz CT molecular complexity index is 1430. The summed E-state index contributed by atoms with van der Waals surface area (Å²) in [4.78, 5) is 20.9. The van der Waals surface area contributed by atoms with Crippen LogP contribution in [-0.4, -0.2) is 38.7 Å². The van der Waals surface area contributed by atoms with Crippen LogP contribution in [0.15, 0.2) is 82.7 Å². The fraction of sp³-hybridized carbons (Fsp3) is 0.0800. The van der Waals surface area contributed by atoms with Crippen LogP contribution in [0.4, 0.5) is 0 Å². The number of hydrogen-bond acceptors (Lipinski definition) is 8. The van der Waals surface area contributed by atoms with E-state index in [1.165, 1.54) is 16.8 Å². The van der Waals surface area contributed by atoms with E-state index >= 15 is 0 Å². The van der Waals surface area contributed by atoms with Gasteiger partial charge in [0.05, 0.1) is 5.57 Å². The predicted molar refractivity (Wildman–Crippen MR) is 132 cm³/mol. The summed E-state index contributed by atoms with van der Waals surface area (Å²) in [5.41, 5.74) is 2.68. The summed E-state index contributed by atoms with van der Waals surface area (Å²) in [6.45, 7) is 0.611. The largest absolute Gasteiger partial charge is 0.489 e. The van der Waals surface area contributed by atoms with Crippen LogP contribution in [0.25, 0.3) is 6.08 Å². The molecule has 0 unspecified atom stereocenters. The van der Waals surface area contributed by atoms with Crippen molar-refractivity contribution in [3.8, 4) is 17.2 Å². The van der Waals surface area contributed by atoms with Crippen molar-refractivity contribution in [2.75, 3.05) is 6.79 Å². The standard InChI is InChI=1S/C25H17N5O4S/c26-22-19(23(31)28-25-30(22)29-24(35-25)17-2-1-9-27-12-17)10-15-3-6-18(7-4-15)32-13-16-5-8-20-21(11-16)34-14-33-20/h1-12,26H,13-14H2/b19-10+,26-22?. The van der Waals surface area contributed by atoms with Crippen LogP contribution >= 0.6 is 11.8 Å². The van der Waals surface area contributed by atoms with Crippen molar-refractivity contribution in [2.24, 2.45) is 10.1 Å². The number of amides is 1. The molecule has 3 aromatic rings. The molecule has 1 amide bonds. The molecule has 1 N–H and O–H groups in total. The maximum absolute atomic E-state index is 12.7. The molecule has 10 heteroatoms. The number of aliphatic imine (C=N–C) groups is 1. The number of ether oxygens (including phenoxy) is 3. The minimum Gasteiger partial charge on any atom is -0.489 e. The van der Waals surface area contributed by atoms with Crippen molar-refractivity contribution in [1.29, 1.82) is 5.41 Å². The number of fused-ring (bicyclic) bond motifs is 2. The van der Waals surface area contributed by atoms with E-state index in [-0.39, 0.29) is 18.2 Å². The molecule has 0 saturated carbocycles. The number of rotatable bonds is 5. The molecule has 6 rings (SSSR count). The van der Waals surface area contributed by atoms with Crippen molar-refractivity contribution in [3.05, 3.63) is 89.3 Å². The minimum atomic E-state index is -0.473. The van der Waals surface area contributed by atoms with Gasteiger partial charge >= 0.3 is 0 Å². The second kappa shape index (κ2) is 8.73. The Morgan fingerprint density at radius 1 is 1.11 bits per heavy atom. The third-order valence-corrected chi connectivity index (χ3v) is 6.35. The van der Waals surface area contributed by atoms with E-state index in [2.05, 4.69) is 15.1 Å². The first-order valence-corrected chi connectivity index (χ1v) is 11.5. The maximum atomic E-state index is 12.7. The number of thioether (sulfide) groups is 1. The average Bonchev–Trinajstić information content (AvgIpc) is 3.53. The fourth-order valence-corrected chi connectivity index (χ4v) is 4.50. The Balaban J connectivity index is 1.16. The normalized spacial score (nSPS) is 17.4. The lowest BCUT2D eigenvalue weighted by molar-refractivity contribution is -0.114. The van der Waals surface area contributed by atoms with Crippen molar-refractivity contribution in [2.45, 2.75) is 6.61 Å². The van der Waals surface area contributed by atoms with Crippen LogP contribution in [0.3, 0.4) is 0 Å². The predicted octanol–water partition coefficient (Wildman–Crippen LogP) is 4.06. The van der Waals surface area contributed by atoms with E-state index < -0.39 is 5.91 Å². The highest BCUT2D eigenvalue weighted by Gasteiger charge is 2.36. The molecule has 2 aromatic carbocycles. The van der Waals surface area contributed by atoms with Gasteiger partial charge < -0.3 is 14.2 Å². The van der Waals surface area contributed by atoms with Gasteiger partial charge in [-0.3, -0.25) is 15.2 Å². The fourth-order valence-electron chi connectivity index (χ4n) is 3.62. The monoisotopic (exact) mass is 483 g/mol. The first kappa shape index (κ1) is 21.1. The van der Waals surface area contributed by atoms with Crippen LogP contribution < -0.4 is 14.2 Å². The zero-order chi connectivity index (χ0) is 23.8. The zero-order valence-corrected chi connectivity index (χ0v) is 19.0. The number of nitrogens with one attached hydrogen (secondary N) is 1. The molecule has 1 aromatic heterocycles. The maximum Gasteiger partial charge on any atom is 0.283 e. The number of aromatic nitrogens is 1. The van der Waals surface area contributed by atoms with Gasteiger partial charge in [0, 0.05) is 18.0 Å². The zero-order valence-electron chi connectivity index (χ0n) is 18.2. The van der Waals surface area contributed by atoms with E-state index in [9.17, 15) is 4.79 Å². The van der Waals surface area contributed by atoms with E-state index in [0.717, 1.165) is 22.4 Å². The number of hydrazone groups is 1. The molecule has 0 aliphatic carbocycles. The van der Waals surface area contributed by atoms with Crippen molar-refractivity contribution < 1.29 is 19.0 Å². The first-order chi connectivity index (χ1) is 17.1. The van der Waals surface area contributed by atoms with Crippen LogP contribution in [0.1, 0.15) is 16.7 Å². The molecule has 0 spiro atoms. The molecule has 172 valence electrons. The van der Waals surface area contributed by atoms with Gasteiger partial charge in [-0.25, -0.2) is 0 Å². The van der Waals surface area contributed by atoms with Gasteiger partial charge in [0.1, 0.15) is 17.4 Å². The van der Waals surface area contributed by atoms with Gasteiger partial charge in [-0.05, 0) is 65.4 Å². The molecule has 0 fully saturated rings. The van der Waals surface area contributed by atoms with Crippen LogP contribution in [0.2, 0.25) is 0 Å². The quantitative estimate of drug-likeness (QED) is 0.545. The molecule has 4 heterocycles. The summed E-state index contributed by atoms with van der Waals surface area (Å²) in [7, 11) is 0. The van der Waals surface area contributed by atoms with Crippen molar-refractivity contribution in [3.63, 3.8) is 0 Å². The Labute approximate surface area is 204 Å². The second-order valence-electron chi connectivity index (χ2n) is 7.71. The lowest BCUT2D eigenvalue weighted by Crippen LogP contribution is -2.35. The van der Waals surface area contributed by atoms with Gasteiger partial charge in [0.15, 0.2) is 17.3 Å². The number of amidine groups is 2. The van der Waals surface area contributed by atoms with Gasteiger partial charge in [0.25, 0.3) is 5.91 Å². The Hall–Kier alpha value is -4.44. The van der Waals surface area contributed by atoms with Gasteiger partial charge in [-0.15, -0.1) is 0 Å². The smallest absolute Gasteiger partial charge is 0.283 e. The number of carbonyl (C=O) groups excluding carboxylic acids is 1. The summed E-state index contributed by atoms with van der Waals surface area (Å²) < 4.78 is 16.6. The molecule has 0 bridgehead atoms. The number of carbonyl (C=O) groups is 1. The Morgan fingerprint density at radius 3 is 2.80 bits per heavy atom. The number of hydrogen-bond donors (Lipinski definition) is 1. The molecular formula is C25H17N5O4S. The van der Waals surface area contributed by atoms with Crippen LogP contribution in [0.5, 0.6) is 17.2 Å². The molecule has 35 heavy (non-hydrogen) atoms. The Kier molecular flexibility index (Phi) is 5.27. The van der Waals surface area contributed by atoms with Gasteiger partial charge in [0.2, 0.25) is 12.0 Å². The van der Waals surface area contributed by atoms with E-state index in [4.69, 9.17) is 19.6 Å². The summed E-state index contributed by atoms with van der Waals surface area (Å²) in [6, 6.07) is 16.6. The molecule has 0 radical (unpaired) electrons. The molecular weight excluding hydrogens is 466 g/mol. The third-order valence-electron chi connectivity index (χ3n) is 5.40. The highest BCUT2D eigenvalue weighted by Crippen LogP contribution is 2.33. The number of benzene rings is 2. The third kappa shape index (κ3) is 4.15. The molecule has 3 aliphatic heterocycles. The molecule has 0 saturated heterocycles. The van der Waals surface area contributed by atoms with Gasteiger partial charge in [-0.1, -0.05) is 18.2 Å². The molecule has 9 nitrogen and oxygen atoms in total. The molecule has 3 aliphatic rings. The summed E-state index contributed by atoms with van der Waals surface area (Å²) in [5.74, 6) is 1.63. The van der Waals surface area contributed by atoms with Crippen molar-refractivity contribution in [1.82, 2.24) is 9.99 Å². The van der Waals surface area contributed by atoms with E-state index in [0.29, 0.717) is 28.3 Å². The topological polar surface area (TPSA) is 109 Å². The summed E-state index contributed by atoms with van der Waals surface area (Å²) in [5, 5.41) is 15.4. The lowest BCUT2D eigenvalue weighted by atomic mass is 10.1. The highest BCUT2D eigenvalue weighted by molar-refractivity contribution is 8.27. The minimum absolute atomic E-state index is 0.0190. The van der Waals surface area contributed by atoms with E-state index in [1.807, 2.05) is 54.6 Å². The summed E-state index contributed by atoms with van der Waals surface area (Å²) in [6.07, 6.45) is 4.99. The van der Waals surface area contributed by atoms with Crippen LogP contribution in [-0.2, 0) is 11.4 Å². The number of nitrogens with zero attached hydrogens (tertiary/aromatic N) is 4. The first-order valence-electron chi connectivity index (χ1n) is 10.7. The lowest BCUT2D eigenvalue weighted by Gasteiger charge is -2.20. The molecule has 0 atom stereocenters. The summed E-state index contributed by atoms with van der Waals surface area (Å²) >= 11 is 1.24. The second-order valence-corrected chi connectivity index (χ2v) is 8.67. The van der Waals surface area contributed by atoms with Gasteiger partial charge in [-0.2, -0.15) is 15.1 Å². The highest BCUT2D eigenvalue weighted by atomic mass is 32.2. The SMILES string of the molecule is N=C1/C(=C\c2ccc(OCc3ccc4c(c3)OCO4)cc2)C(=O)N=C2SC(c3cccnc3)=NN12. The van der Waals surface area contributed by atoms with Crippen molar-refractivity contribution >= 4 is 39.8 Å². The average molecular weight is 484 g/mol. The number of pyridine rings is 1. The van der Waals surface area contributed by atoms with E-state index in [1.54, 1.807) is 18.5 Å². The van der Waals surface area contributed by atoms with Crippen LogP contribution in [0, 0.1) is 5.41 Å².